The molecule has 0 bridgehead atoms. The number of amides is 2. The van der Waals surface area contributed by atoms with E-state index in [1.165, 1.54) is 4.90 Å². The van der Waals surface area contributed by atoms with Crippen molar-refractivity contribution in [3.63, 3.8) is 0 Å². The lowest BCUT2D eigenvalue weighted by Gasteiger charge is -2.38. The Morgan fingerprint density at radius 2 is 1.46 bits per heavy atom. The summed E-state index contributed by atoms with van der Waals surface area (Å²) in [6.07, 6.45) is 0.243. The van der Waals surface area contributed by atoms with Gasteiger partial charge in [0.1, 0.15) is 5.75 Å². The topological polar surface area (TPSA) is 64.1 Å². The van der Waals surface area contributed by atoms with E-state index < -0.39 is 0 Å². The van der Waals surface area contributed by atoms with Gasteiger partial charge >= 0.3 is 0 Å². The molecule has 0 aliphatic carbocycles. The molecule has 2 fully saturated rings. The number of nitrogens with zero attached hydrogens (tertiary/aromatic N) is 3. The molecule has 2 aliphatic rings. The first-order valence-electron chi connectivity index (χ1n) is 8.83. The quantitative estimate of drug-likeness (QED) is 0.855. The second kappa shape index (κ2) is 6.80. The lowest BCUT2D eigenvalue weighted by Crippen LogP contribution is -2.52. The highest BCUT2D eigenvalue weighted by Gasteiger charge is 2.43. The Kier molecular flexibility index (Phi) is 4.34. The van der Waals surface area contributed by atoms with E-state index in [9.17, 15) is 14.7 Å². The average Bonchev–Trinajstić information content (AvgIpc) is 2.97. The number of aromatic hydroxyl groups is 1. The molecule has 26 heavy (non-hydrogen) atoms. The summed E-state index contributed by atoms with van der Waals surface area (Å²) in [6.45, 7) is 3.03. The van der Waals surface area contributed by atoms with Crippen LogP contribution in [0.15, 0.2) is 54.6 Å². The predicted octanol–water partition coefficient (Wildman–Crippen LogP) is 1.85. The molecular formula is C20H21N3O3. The van der Waals surface area contributed by atoms with Crippen LogP contribution < -0.4 is 9.80 Å². The van der Waals surface area contributed by atoms with Crippen molar-refractivity contribution in [3.8, 4) is 5.75 Å². The van der Waals surface area contributed by atoms with Gasteiger partial charge in [-0.25, -0.2) is 4.90 Å². The number of hydrogen-bond acceptors (Lipinski definition) is 5. The minimum Gasteiger partial charge on any atom is -0.508 e. The number of para-hydroxylation sites is 1. The molecule has 0 radical (unpaired) electrons. The Bertz CT molecular complexity index is 799. The lowest BCUT2D eigenvalue weighted by atomic mass is 10.1. The number of phenolic OH excluding ortho intramolecular Hbond substituents is 1. The van der Waals surface area contributed by atoms with Crippen molar-refractivity contribution in [2.75, 3.05) is 36.0 Å². The van der Waals surface area contributed by atoms with Crippen LogP contribution in [0.3, 0.4) is 0 Å². The van der Waals surface area contributed by atoms with Gasteiger partial charge in [0.15, 0.2) is 0 Å². The Balaban J connectivity index is 1.42. The number of carbonyl (C=O) groups is 2. The third-order valence-corrected chi connectivity index (χ3v) is 5.11. The summed E-state index contributed by atoms with van der Waals surface area (Å²) in [5, 5.41) is 9.41. The number of rotatable bonds is 3. The van der Waals surface area contributed by atoms with Crippen molar-refractivity contribution in [3.05, 3.63) is 54.6 Å². The number of imide groups is 1. The maximum atomic E-state index is 12.8. The Labute approximate surface area is 152 Å². The van der Waals surface area contributed by atoms with Gasteiger partial charge in [-0.2, -0.15) is 0 Å². The number of anilines is 2. The zero-order chi connectivity index (χ0) is 18.1. The molecule has 1 atom stereocenters. The molecule has 4 rings (SSSR count). The van der Waals surface area contributed by atoms with Crippen LogP contribution in [0.2, 0.25) is 0 Å². The number of carbonyl (C=O) groups excluding carboxylic acids is 2. The van der Waals surface area contributed by atoms with Crippen LogP contribution in [0.4, 0.5) is 11.4 Å². The van der Waals surface area contributed by atoms with Gasteiger partial charge in [0.2, 0.25) is 5.91 Å². The van der Waals surface area contributed by atoms with E-state index in [-0.39, 0.29) is 30.0 Å². The monoisotopic (exact) mass is 351 g/mol. The molecule has 1 unspecified atom stereocenters. The number of benzene rings is 2. The third kappa shape index (κ3) is 3.04. The lowest BCUT2D eigenvalue weighted by molar-refractivity contribution is -0.123. The van der Waals surface area contributed by atoms with E-state index in [2.05, 4.69) is 9.80 Å². The van der Waals surface area contributed by atoms with E-state index in [0.29, 0.717) is 5.69 Å². The molecule has 2 aliphatic heterocycles. The fourth-order valence-electron chi connectivity index (χ4n) is 3.70. The van der Waals surface area contributed by atoms with Crippen LogP contribution in [0.5, 0.6) is 5.75 Å². The molecule has 2 aromatic carbocycles. The summed E-state index contributed by atoms with van der Waals surface area (Å²) >= 11 is 0. The van der Waals surface area contributed by atoms with Crippen LogP contribution in [-0.2, 0) is 9.59 Å². The summed E-state index contributed by atoms with van der Waals surface area (Å²) in [7, 11) is 0. The second-order valence-electron chi connectivity index (χ2n) is 6.66. The smallest absolute Gasteiger partial charge is 0.251 e. The number of piperazine rings is 1. The molecule has 134 valence electrons. The van der Waals surface area contributed by atoms with Crippen LogP contribution in [-0.4, -0.2) is 54.0 Å². The molecule has 2 heterocycles. The average molecular weight is 351 g/mol. The predicted molar refractivity (Wildman–Crippen MR) is 99.2 cm³/mol. The molecule has 1 N–H and O–H groups in total. The Morgan fingerprint density at radius 3 is 2.12 bits per heavy atom. The summed E-state index contributed by atoms with van der Waals surface area (Å²) in [6, 6.07) is 15.9. The molecular weight excluding hydrogens is 330 g/mol. The molecule has 6 nitrogen and oxygen atoms in total. The fourth-order valence-corrected chi connectivity index (χ4v) is 3.70. The van der Waals surface area contributed by atoms with Gasteiger partial charge in [-0.15, -0.1) is 0 Å². The van der Waals surface area contributed by atoms with Gasteiger partial charge in [0, 0.05) is 31.9 Å². The van der Waals surface area contributed by atoms with Crippen LogP contribution >= 0.6 is 0 Å². The maximum Gasteiger partial charge on any atom is 0.251 e. The highest BCUT2D eigenvalue weighted by Crippen LogP contribution is 2.27. The first-order chi connectivity index (χ1) is 12.6. The minimum absolute atomic E-state index is 0.126. The molecule has 2 aromatic rings. The van der Waals surface area contributed by atoms with Crippen molar-refractivity contribution in [2.24, 2.45) is 0 Å². The van der Waals surface area contributed by atoms with E-state index in [1.807, 2.05) is 30.3 Å². The van der Waals surface area contributed by atoms with Crippen molar-refractivity contribution < 1.29 is 14.7 Å². The van der Waals surface area contributed by atoms with Crippen molar-refractivity contribution in [1.82, 2.24) is 4.90 Å². The first-order valence-corrected chi connectivity index (χ1v) is 8.83. The SMILES string of the molecule is O=C1CC(N2CCN(c3ccc(O)cc3)CC2)C(=O)N1c1ccccc1. The van der Waals surface area contributed by atoms with Gasteiger partial charge in [-0.3, -0.25) is 14.5 Å². The van der Waals surface area contributed by atoms with Crippen LogP contribution in [0.1, 0.15) is 6.42 Å². The van der Waals surface area contributed by atoms with Crippen LogP contribution in [0, 0.1) is 0 Å². The van der Waals surface area contributed by atoms with E-state index >= 15 is 0 Å². The molecule has 0 spiro atoms. The first kappa shape index (κ1) is 16.6. The van der Waals surface area contributed by atoms with Crippen molar-refractivity contribution in [1.29, 1.82) is 0 Å². The molecule has 2 amide bonds. The summed E-state index contributed by atoms with van der Waals surface area (Å²) in [4.78, 5) is 30.9. The largest absolute Gasteiger partial charge is 0.508 e. The van der Waals surface area contributed by atoms with Gasteiger partial charge in [-0.05, 0) is 36.4 Å². The maximum absolute atomic E-state index is 12.8. The molecule has 2 saturated heterocycles. The minimum atomic E-state index is -0.371. The number of phenols is 1. The van der Waals surface area contributed by atoms with E-state index in [0.717, 1.165) is 31.9 Å². The highest BCUT2D eigenvalue weighted by atomic mass is 16.3. The van der Waals surface area contributed by atoms with E-state index in [1.54, 1.807) is 24.3 Å². The normalized spacial score (nSPS) is 21.5. The van der Waals surface area contributed by atoms with Crippen LogP contribution in [0.25, 0.3) is 0 Å². The molecule has 6 heteroatoms. The zero-order valence-electron chi connectivity index (χ0n) is 14.4. The zero-order valence-corrected chi connectivity index (χ0v) is 14.4. The second-order valence-corrected chi connectivity index (χ2v) is 6.66. The van der Waals surface area contributed by atoms with Gasteiger partial charge in [0.25, 0.3) is 5.91 Å². The van der Waals surface area contributed by atoms with E-state index in [4.69, 9.17) is 0 Å². The molecule has 0 saturated carbocycles. The summed E-state index contributed by atoms with van der Waals surface area (Å²) < 4.78 is 0. The Morgan fingerprint density at radius 1 is 0.808 bits per heavy atom. The van der Waals surface area contributed by atoms with Gasteiger partial charge in [0.05, 0.1) is 18.2 Å². The van der Waals surface area contributed by atoms with Crippen molar-refractivity contribution in [2.45, 2.75) is 12.5 Å². The van der Waals surface area contributed by atoms with Gasteiger partial charge in [-0.1, -0.05) is 18.2 Å². The fraction of sp³-hybridized carbons (Fsp3) is 0.300. The Hall–Kier alpha value is -2.86. The standard InChI is InChI=1S/C20H21N3O3/c24-17-8-6-15(7-9-17)21-10-12-22(13-11-21)18-14-19(25)23(20(18)26)16-4-2-1-3-5-16/h1-9,18,24H,10-14H2. The van der Waals surface area contributed by atoms with Gasteiger partial charge < -0.3 is 10.0 Å². The van der Waals surface area contributed by atoms with Crippen molar-refractivity contribution >= 4 is 23.2 Å². The molecule has 0 aromatic heterocycles. The summed E-state index contributed by atoms with van der Waals surface area (Å²) in [5.41, 5.74) is 1.70. The highest BCUT2D eigenvalue weighted by molar-refractivity contribution is 6.22. The third-order valence-electron chi connectivity index (χ3n) is 5.11. The summed E-state index contributed by atoms with van der Waals surface area (Å²) in [5.74, 6) is -0.00472. The number of hydrogen-bond donors (Lipinski definition) is 1.